The molecule has 1 unspecified atom stereocenters. The highest BCUT2D eigenvalue weighted by Crippen LogP contribution is 2.32. The molecule has 3 aromatic carbocycles. The third-order valence-corrected chi connectivity index (χ3v) is 11.7. The summed E-state index contributed by atoms with van der Waals surface area (Å²) in [7, 11) is 0. The van der Waals surface area contributed by atoms with Crippen molar-refractivity contribution in [1.82, 2.24) is 25.4 Å². The molecular formula is C45H45N9O7. The van der Waals surface area contributed by atoms with Crippen LogP contribution in [0.25, 0.3) is 0 Å². The Morgan fingerprint density at radius 3 is 2.28 bits per heavy atom. The Morgan fingerprint density at radius 2 is 1.59 bits per heavy atom. The number of benzene rings is 3. The van der Waals surface area contributed by atoms with E-state index in [1.54, 1.807) is 17.2 Å². The van der Waals surface area contributed by atoms with Crippen LogP contribution in [0.15, 0.2) is 91.1 Å². The first-order valence-corrected chi connectivity index (χ1v) is 20.5. The molecule has 0 bridgehead atoms. The van der Waals surface area contributed by atoms with Gasteiger partial charge < -0.3 is 25.2 Å². The Labute approximate surface area is 352 Å². The molecule has 1 aliphatic carbocycles. The summed E-state index contributed by atoms with van der Waals surface area (Å²) in [5, 5.41) is 17.9. The molecule has 4 aromatic rings. The topological polar surface area (TPSA) is 197 Å². The number of aromatic nitrogens is 1. The van der Waals surface area contributed by atoms with Crippen LogP contribution in [0.3, 0.4) is 0 Å². The maximum absolute atomic E-state index is 13.9. The van der Waals surface area contributed by atoms with E-state index in [1.807, 2.05) is 65.6 Å². The van der Waals surface area contributed by atoms with Crippen molar-refractivity contribution in [3.63, 3.8) is 0 Å². The van der Waals surface area contributed by atoms with Crippen molar-refractivity contribution in [1.29, 1.82) is 5.26 Å². The number of imide groups is 2. The number of urea groups is 1. The smallest absolute Gasteiger partial charge is 0.322 e. The van der Waals surface area contributed by atoms with Crippen LogP contribution in [0.4, 0.5) is 22.0 Å². The number of amides is 7. The lowest BCUT2D eigenvalue weighted by Gasteiger charge is -2.38. The molecule has 3 aliphatic heterocycles. The van der Waals surface area contributed by atoms with Crippen molar-refractivity contribution in [2.45, 2.75) is 63.2 Å². The predicted molar refractivity (Wildman–Crippen MR) is 224 cm³/mol. The van der Waals surface area contributed by atoms with Crippen molar-refractivity contribution in [2.24, 2.45) is 0 Å². The fraction of sp³-hybridized carbons (Fsp3) is 0.333. The number of piperidine rings is 1. The number of nitriles is 1. The van der Waals surface area contributed by atoms with E-state index in [2.05, 4.69) is 31.9 Å². The van der Waals surface area contributed by atoms with Gasteiger partial charge in [-0.3, -0.25) is 39.1 Å². The quantitative estimate of drug-likeness (QED) is 0.183. The average Bonchev–Trinajstić information content (AvgIpc) is 3.54. The van der Waals surface area contributed by atoms with Gasteiger partial charge >= 0.3 is 6.03 Å². The normalized spacial score (nSPS) is 20.0. The van der Waals surface area contributed by atoms with Crippen LogP contribution in [0.2, 0.25) is 0 Å². The van der Waals surface area contributed by atoms with Crippen molar-refractivity contribution in [3.05, 3.63) is 113 Å². The van der Waals surface area contributed by atoms with Gasteiger partial charge in [0.15, 0.2) is 6.61 Å². The minimum Gasteiger partial charge on any atom is -0.484 e. The number of nitrogens with zero attached hydrogens (tertiary/aromatic N) is 6. The second-order valence-corrected chi connectivity index (χ2v) is 15.5. The first kappa shape index (κ1) is 40.5. The standard InChI is InChI=1S/C45H45N9O7/c46-25-30-6-18-39(47-27-30)49-31-7-9-33(10-8-31)53(45(60)48-26-29-4-2-1-3-5-29)34-13-11-32(12-14-34)51-20-22-52(23-21-51)41(56)28-61-35-15-16-36-37(24-35)44(59)54(43(36)58)38-17-19-40(55)50-42(38)57/h1-6,11-16,18,24,27,31,33,38H,7-10,17,19-23,26,28H2,(H,47,49)(H,48,60)(H,50,55,57). The van der Waals surface area contributed by atoms with Gasteiger partial charge in [-0.15, -0.1) is 0 Å². The summed E-state index contributed by atoms with van der Waals surface area (Å²) in [6.45, 7) is 2.24. The average molecular weight is 824 g/mol. The minimum absolute atomic E-state index is 0.0160. The largest absolute Gasteiger partial charge is 0.484 e. The number of nitrogens with one attached hydrogen (secondary N) is 3. The van der Waals surface area contributed by atoms with Gasteiger partial charge in [-0.05, 0) is 92.3 Å². The van der Waals surface area contributed by atoms with Crippen LogP contribution in [-0.2, 0) is 20.9 Å². The van der Waals surface area contributed by atoms with E-state index in [4.69, 9.17) is 10.00 Å². The van der Waals surface area contributed by atoms with Crippen molar-refractivity contribution < 1.29 is 33.5 Å². The molecule has 1 saturated carbocycles. The molecule has 0 spiro atoms. The van der Waals surface area contributed by atoms with Crippen LogP contribution in [0, 0.1) is 11.3 Å². The molecule has 2 saturated heterocycles. The van der Waals surface area contributed by atoms with Crippen LogP contribution < -0.4 is 30.5 Å². The maximum atomic E-state index is 13.9. The van der Waals surface area contributed by atoms with E-state index in [9.17, 15) is 28.8 Å². The lowest BCUT2D eigenvalue weighted by Crippen LogP contribution is -2.54. The number of hydrogen-bond acceptors (Lipinski definition) is 11. The Bertz CT molecular complexity index is 2350. The zero-order valence-corrected chi connectivity index (χ0v) is 33.4. The zero-order valence-electron chi connectivity index (χ0n) is 33.4. The van der Waals surface area contributed by atoms with Gasteiger partial charge in [0, 0.05) is 68.8 Å². The van der Waals surface area contributed by atoms with Gasteiger partial charge in [-0.25, -0.2) is 9.78 Å². The zero-order chi connectivity index (χ0) is 42.5. The number of carbonyl (C=O) groups is 6. The second-order valence-electron chi connectivity index (χ2n) is 15.5. The molecule has 7 amide bonds. The number of hydrogen-bond donors (Lipinski definition) is 3. The lowest BCUT2D eigenvalue weighted by atomic mass is 9.90. The molecule has 16 nitrogen and oxygen atoms in total. The van der Waals surface area contributed by atoms with E-state index in [0.717, 1.165) is 53.3 Å². The van der Waals surface area contributed by atoms with E-state index in [1.165, 1.54) is 18.2 Å². The van der Waals surface area contributed by atoms with Gasteiger partial charge in [0.05, 0.1) is 16.7 Å². The molecule has 4 aliphatic rings. The third-order valence-electron chi connectivity index (χ3n) is 11.7. The highest BCUT2D eigenvalue weighted by molar-refractivity contribution is 6.23. The molecule has 16 heteroatoms. The van der Waals surface area contributed by atoms with E-state index >= 15 is 0 Å². The summed E-state index contributed by atoms with van der Waals surface area (Å²) in [4.78, 5) is 88.4. The van der Waals surface area contributed by atoms with Crippen LogP contribution in [0.1, 0.15) is 70.4 Å². The van der Waals surface area contributed by atoms with Crippen LogP contribution in [0.5, 0.6) is 5.75 Å². The molecule has 3 N–H and O–H groups in total. The molecular weight excluding hydrogens is 779 g/mol. The Balaban J connectivity index is 0.853. The van der Waals surface area contributed by atoms with Gasteiger partial charge in [0.1, 0.15) is 23.7 Å². The fourth-order valence-corrected chi connectivity index (χ4v) is 8.40. The summed E-state index contributed by atoms with van der Waals surface area (Å²) in [5.74, 6) is -1.65. The van der Waals surface area contributed by atoms with Crippen molar-refractivity contribution >= 4 is 52.8 Å². The van der Waals surface area contributed by atoms with Gasteiger partial charge in [0.2, 0.25) is 11.8 Å². The number of carbonyl (C=O) groups excluding carboxylic acids is 6. The molecule has 1 atom stereocenters. The highest BCUT2D eigenvalue weighted by Gasteiger charge is 2.45. The number of fused-ring (bicyclic) bond motifs is 1. The number of ether oxygens (including phenoxy) is 1. The summed E-state index contributed by atoms with van der Waals surface area (Å²) in [6.07, 6.45) is 4.92. The number of piperazine rings is 1. The molecule has 1 aromatic heterocycles. The van der Waals surface area contributed by atoms with Crippen molar-refractivity contribution in [2.75, 3.05) is 47.9 Å². The van der Waals surface area contributed by atoms with E-state index < -0.39 is 29.7 Å². The van der Waals surface area contributed by atoms with E-state index in [-0.39, 0.29) is 60.3 Å². The molecule has 61 heavy (non-hydrogen) atoms. The number of pyridine rings is 1. The maximum Gasteiger partial charge on any atom is 0.322 e. The first-order chi connectivity index (χ1) is 29.6. The monoisotopic (exact) mass is 823 g/mol. The van der Waals surface area contributed by atoms with Crippen molar-refractivity contribution in [3.8, 4) is 11.8 Å². The predicted octanol–water partition coefficient (Wildman–Crippen LogP) is 4.22. The molecule has 312 valence electrons. The number of rotatable bonds is 11. The molecule has 8 rings (SSSR count). The Morgan fingerprint density at radius 1 is 0.852 bits per heavy atom. The van der Waals surface area contributed by atoms with E-state index in [0.29, 0.717) is 38.3 Å². The SMILES string of the molecule is N#Cc1ccc(NC2CCC(N(C(=O)NCc3ccccc3)c3ccc(N4CCN(C(=O)COc5ccc6c(c5)C(=O)N(C5CCC(=O)NC5=O)C6=O)CC4)cc3)CC2)nc1. The molecule has 3 fully saturated rings. The highest BCUT2D eigenvalue weighted by atomic mass is 16.5. The molecule has 0 radical (unpaired) electrons. The Kier molecular flexibility index (Phi) is 11.9. The van der Waals surface area contributed by atoms with Gasteiger partial charge in [0.25, 0.3) is 17.7 Å². The summed E-state index contributed by atoms with van der Waals surface area (Å²) in [5.41, 5.74) is 3.50. The summed E-state index contributed by atoms with van der Waals surface area (Å²) < 4.78 is 5.78. The van der Waals surface area contributed by atoms with Crippen LogP contribution in [-0.4, -0.2) is 101 Å². The van der Waals surface area contributed by atoms with Gasteiger partial charge in [-0.1, -0.05) is 30.3 Å². The van der Waals surface area contributed by atoms with Crippen LogP contribution >= 0.6 is 0 Å². The fourth-order valence-electron chi connectivity index (χ4n) is 8.40. The Hall–Kier alpha value is -7.28. The second kappa shape index (κ2) is 17.9. The lowest BCUT2D eigenvalue weighted by molar-refractivity contribution is -0.136. The minimum atomic E-state index is -1.07. The van der Waals surface area contributed by atoms with Gasteiger partial charge in [-0.2, -0.15) is 5.26 Å². The third kappa shape index (κ3) is 9.01. The summed E-state index contributed by atoms with van der Waals surface area (Å²) >= 11 is 0. The first-order valence-electron chi connectivity index (χ1n) is 20.5. The number of anilines is 3. The summed E-state index contributed by atoms with van der Waals surface area (Å²) in [6, 6.07) is 26.8. The molecule has 4 heterocycles.